The standard InChI is InChI=1S/C17H24N2O5/c1-4-24-17(22)13(2)18-15(20)11-23-12-16(21)19(3)10-14-8-6-5-7-9-14/h5-9,13H,4,10-12H2,1-3H3,(H,18,20)/t13-/m1/s1. The fourth-order valence-electron chi connectivity index (χ4n) is 1.90. The molecule has 0 radical (unpaired) electrons. The van der Waals surface area contributed by atoms with Crippen molar-refractivity contribution in [2.75, 3.05) is 26.9 Å². The van der Waals surface area contributed by atoms with Crippen LogP contribution >= 0.6 is 0 Å². The summed E-state index contributed by atoms with van der Waals surface area (Å²) in [6.07, 6.45) is 0. The minimum absolute atomic E-state index is 0.204. The molecule has 0 aliphatic carbocycles. The van der Waals surface area contributed by atoms with E-state index in [1.54, 1.807) is 14.0 Å². The average Bonchev–Trinajstić information content (AvgIpc) is 2.55. The molecule has 0 saturated carbocycles. The highest BCUT2D eigenvalue weighted by Gasteiger charge is 2.17. The van der Waals surface area contributed by atoms with Crippen molar-refractivity contribution >= 4 is 17.8 Å². The second-order valence-corrected chi connectivity index (χ2v) is 5.27. The number of rotatable bonds is 9. The molecule has 132 valence electrons. The second-order valence-electron chi connectivity index (χ2n) is 5.27. The van der Waals surface area contributed by atoms with Crippen LogP contribution in [0.4, 0.5) is 0 Å². The van der Waals surface area contributed by atoms with Crippen molar-refractivity contribution in [3.8, 4) is 0 Å². The molecular weight excluding hydrogens is 312 g/mol. The van der Waals surface area contributed by atoms with E-state index < -0.39 is 17.9 Å². The van der Waals surface area contributed by atoms with E-state index in [-0.39, 0.29) is 25.7 Å². The lowest BCUT2D eigenvalue weighted by molar-refractivity contribution is -0.148. The molecule has 1 aromatic rings. The van der Waals surface area contributed by atoms with Crippen molar-refractivity contribution in [3.63, 3.8) is 0 Å². The van der Waals surface area contributed by atoms with Gasteiger partial charge in [-0.05, 0) is 19.4 Å². The van der Waals surface area contributed by atoms with Gasteiger partial charge in [-0.15, -0.1) is 0 Å². The molecule has 0 fully saturated rings. The van der Waals surface area contributed by atoms with Crippen LogP contribution in [0.1, 0.15) is 19.4 Å². The number of hydrogen-bond donors (Lipinski definition) is 1. The van der Waals surface area contributed by atoms with Gasteiger partial charge in [-0.3, -0.25) is 9.59 Å². The zero-order chi connectivity index (χ0) is 17.9. The lowest BCUT2D eigenvalue weighted by Crippen LogP contribution is -2.41. The van der Waals surface area contributed by atoms with E-state index in [2.05, 4.69) is 5.32 Å². The maximum Gasteiger partial charge on any atom is 0.328 e. The summed E-state index contributed by atoms with van der Waals surface area (Å²) in [5, 5.41) is 2.44. The molecule has 0 heterocycles. The monoisotopic (exact) mass is 336 g/mol. The number of carbonyl (C=O) groups excluding carboxylic acids is 3. The zero-order valence-corrected chi connectivity index (χ0v) is 14.3. The lowest BCUT2D eigenvalue weighted by Gasteiger charge is -2.17. The number of ether oxygens (including phenoxy) is 2. The largest absolute Gasteiger partial charge is 0.464 e. The SMILES string of the molecule is CCOC(=O)[C@@H](C)NC(=O)COCC(=O)N(C)Cc1ccccc1. The predicted octanol–water partition coefficient (Wildman–Crippen LogP) is 0.729. The van der Waals surface area contributed by atoms with E-state index >= 15 is 0 Å². The first-order valence-corrected chi connectivity index (χ1v) is 7.75. The topological polar surface area (TPSA) is 84.9 Å². The molecule has 2 amide bonds. The molecule has 1 atom stereocenters. The number of hydrogen-bond acceptors (Lipinski definition) is 5. The summed E-state index contributed by atoms with van der Waals surface area (Å²) in [7, 11) is 1.67. The Morgan fingerprint density at radius 2 is 1.83 bits per heavy atom. The Morgan fingerprint density at radius 3 is 2.46 bits per heavy atom. The fraction of sp³-hybridized carbons (Fsp3) is 0.471. The second kappa shape index (κ2) is 10.4. The molecule has 0 aromatic heterocycles. The fourth-order valence-corrected chi connectivity index (χ4v) is 1.90. The maximum atomic E-state index is 11.9. The molecule has 1 N–H and O–H groups in total. The highest BCUT2D eigenvalue weighted by molar-refractivity contribution is 5.85. The normalized spacial score (nSPS) is 11.5. The van der Waals surface area contributed by atoms with Crippen molar-refractivity contribution in [3.05, 3.63) is 35.9 Å². The first-order valence-electron chi connectivity index (χ1n) is 7.75. The van der Waals surface area contributed by atoms with Crippen molar-refractivity contribution < 1.29 is 23.9 Å². The molecule has 0 bridgehead atoms. The van der Waals surface area contributed by atoms with Crippen molar-refractivity contribution in [1.29, 1.82) is 0 Å². The van der Waals surface area contributed by atoms with Crippen LogP contribution in [-0.4, -0.2) is 55.6 Å². The Kier molecular flexibility index (Phi) is 8.49. The van der Waals surface area contributed by atoms with Crippen LogP contribution in [0.25, 0.3) is 0 Å². The quantitative estimate of drug-likeness (QED) is 0.672. The number of carbonyl (C=O) groups is 3. The first-order chi connectivity index (χ1) is 11.4. The Morgan fingerprint density at radius 1 is 1.17 bits per heavy atom. The number of amides is 2. The van der Waals surface area contributed by atoms with Gasteiger partial charge in [0.2, 0.25) is 11.8 Å². The van der Waals surface area contributed by atoms with Crippen LogP contribution < -0.4 is 5.32 Å². The van der Waals surface area contributed by atoms with Gasteiger partial charge in [0, 0.05) is 13.6 Å². The van der Waals surface area contributed by atoms with Gasteiger partial charge in [0.05, 0.1) is 6.61 Å². The minimum atomic E-state index is -0.752. The zero-order valence-electron chi connectivity index (χ0n) is 14.3. The Hall–Kier alpha value is -2.41. The summed E-state index contributed by atoms with van der Waals surface area (Å²) < 4.78 is 9.88. The van der Waals surface area contributed by atoms with Gasteiger partial charge in [-0.2, -0.15) is 0 Å². The number of esters is 1. The minimum Gasteiger partial charge on any atom is -0.464 e. The average molecular weight is 336 g/mol. The van der Waals surface area contributed by atoms with Gasteiger partial charge in [-0.25, -0.2) is 4.79 Å². The summed E-state index contributed by atoms with van der Waals surface area (Å²) in [4.78, 5) is 36.5. The Labute approximate surface area is 141 Å². The van der Waals surface area contributed by atoms with E-state index in [1.165, 1.54) is 11.8 Å². The third-order valence-corrected chi connectivity index (χ3v) is 3.16. The predicted molar refractivity (Wildman–Crippen MR) is 88.0 cm³/mol. The lowest BCUT2D eigenvalue weighted by atomic mass is 10.2. The van der Waals surface area contributed by atoms with Gasteiger partial charge in [0.25, 0.3) is 0 Å². The third kappa shape index (κ3) is 7.23. The number of benzene rings is 1. The molecule has 0 unspecified atom stereocenters. The van der Waals surface area contributed by atoms with Crippen molar-refractivity contribution in [2.45, 2.75) is 26.4 Å². The summed E-state index contributed by atoms with van der Waals surface area (Å²) in [6, 6.07) is 8.81. The number of likely N-dealkylation sites (N-methyl/N-ethyl adjacent to an activating group) is 1. The van der Waals surface area contributed by atoms with Gasteiger partial charge < -0.3 is 19.7 Å². The first kappa shape index (κ1) is 19.6. The molecule has 24 heavy (non-hydrogen) atoms. The van der Waals surface area contributed by atoms with E-state index in [1.807, 2.05) is 30.3 Å². The van der Waals surface area contributed by atoms with Crippen LogP contribution in [0.5, 0.6) is 0 Å². The van der Waals surface area contributed by atoms with Crippen LogP contribution in [0, 0.1) is 0 Å². The van der Waals surface area contributed by atoms with Crippen LogP contribution in [0.2, 0.25) is 0 Å². The Balaban J connectivity index is 2.27. The van der Waals surface area contributed by atoms with Gasteiger partial charge in [0.15, 0.2) is 0 Å². The van der Waals surface area contributed by atoms with E-state index in [0.29, 0.717) is 6.54 Å². The van der Waals surface area contributed by atoms with Crippen molar-refractivity contribution in [2.24, 2.45) is 0 Å². The van der Waals surface area contributed by atoms with Crippen LogP contribution in [0.15, 0.2) is 30.3 Å². The number of nitrogens with one attached hydrogen (secondary N) is 1. The van der Waals surface area contributed by atoms with Crippen molar-refractivity contribution in [1.82, 2.24) is 10.2 Å². The molecule has 7 nitrogen and oxygen atoms in total. The molecule has 0 aliphatic rings. The van der Waals surface area contributed by atoms with Crippen LogP contribution in [0.3, 0.4) is 0 Å². The summed E-state index contributed by atoms with van der Waals surface area (Å²) in [5.41, 5.74) is 1.01. The van der Waals surface area contributed by atoms with E-state index in [0.717, 1.165) is 5.56 Å². The molecule has 1 aromatic carbocycles. The molecule has 0 aliphatic heterocycles. The van der Waals surface area contributed by atoms with Gasteiger partial charge in [-0.1, -0.05) is 30.3 Å². The highest BCUT2D eigenvalue weighted by Crippen LogP contribution is 2.02. The number of nitrogens with zero attached hydrogens (tertiary/aromatic N) is 1. The maximum absolute atomic E-state index is 11.9. The molecule has 0 spiro atoms. The highest BCUT2D eigenvalue weighted by atomic mass is 16.5. The summed E-state index contributed by atoms with van der Waals surface area (Å²) >= 11 is 0. The smallest absolute Gasteiger partial charge is 0.328 e. The summed E-state index contributed by atoms with van der Waals surface area (Å²) in [5.74, 6) is -1.22. The van der Waals surface area contributed by atoms with Gasteiger partial charge >= 0.3 is 5.97 Å². The van der Waals surface area contributed by atoms with Gasteiger partial charge in [0.1, 0.15) is 19.3 Å². The molecular formula is C17H24N2O5. The molecule has 0 saturated heterocycles. The van der Waals surface area contributed by atoms with Crippen LogP contribution in [-0.2, 0) is 30.4 Å². The molecule has 7 heteroatoms. The van der Waals surface area contributed by atoms with E-state index in [4.69, 9.17) is 9.47 Å². The molecule has 1 rings (SSSR count). The Bertz CT molecular complexity index is 547. The summed E-state index contributed by atoms with van der Waals surface area (Å²) in [6.45, 7) is 3.42. The van der Waals surface area contributed by atoms with E-state index in [9.17, 15) is 14.4 Å². The third-order valence-electron chi connectivity index (χ3n) is 3.16.